The first-order chi connectivity index (χ1) is 9.66. The highest BCUT2D eigenvalue weighted by atomic mass is 16.2. The lowest BCUT2D eigenvalue weighted by molar-refractivity contribution is 0.0827. The fourth-order valence-corrected chi connectivity index (χ4v) is 2.97. The van der Waals surface area contributed by atoms with Gasteiger partial charge in [-0.25, -0.2) is 0 Å². The minimum Gasteiger partial charge on any atom is -0.345 e. The molecule has 2 aromatic rings. The molecule has 0 saturated heterocycles. The second kappa shape index (κ2) is 5.12. The van der Waals surface area contributed by atoms with Gasteiger partial charge in [0.15, 0.2) is 0 Å². The fourth-order valence-electron chi connectivity index (χ4n) is 2.97. The SMILES string of the molecule is CN(C)C(=O)c1cccc(-c2cccc3c2CCC3)c1. The molecule has 0 aliphatic heterocycles. The molecule has 0 aromatic heterocycles. The Labute approximate surface area is 120 Å². The van der Waals surface area contributed by atoms with E-state index in [0.29, 0.717) is 0 Å². The van der Waals surface area contributed by atoms with E-state index in [9.17, 15) is 4.79 Å². The molecule has 20 heavy (non-hydrogen) atoms. The van der Waals surface area contributed by atoms with E-state index in [1.807, 2.05) is 18.2 Å². The van der Waals surface area contributed by atoms with Crippen molar-refractivity contribution >= 4 is 5.91 Å². The molecule has 0 fully saturated rings. The molecule has 2 nitrogen and oxygen atoms in total. The van der Waals surface area contributed by atoms with Crippen molar-refractivity contribution in [3.05, 3.63) is 59.2 Å². The molecule has 0 radical (unpaired) electrons. The Hall–Kier alpha value is -2.09. The lowest BCUT2D eigenvalue weighted by Crippen LogP contribution is -2.21. The summed E-state index contributed by atoms with van der Waals surface area (Å²) in [5.74, 6) is 0.0550. The highest BCUT2D eigenvalue weighted by Gasteiger charge is 2.16. The predicted octanol–water partition coefficient (Wildman–Crippen LogP) is 3.54. The van der Waals surface area contributed by atoms with E-state index in [4.69, 9.17) is 0 Å². The normalized spacial score (nSPS) is 13.1. The number of carbonyl (C=O) groups excluding carboxylic acids is 1. The van der Waals surface area contributed by atoms with Crippen LogP contribution in [0.5, 0.6) is 0 Å². The molecule has 102 valence electrons. The summed E-state index contributed by atoms with van der Waals surface area (Å²) in [5.41, 5.74) is 6.11. The molecule has 0 bridgehead atoms. The van der Waals surface area contributed by atoms with Crippen LogP contribution in [-0.2, 0) is 12.8 Å². The summed E-state index contributed by atoms with van der Waals surface area (Å²) in [7, 11) is 3.57. The van der Waals surface area contributed by atoms with Gasteiger partial charge in [0.1, 0.15) is 0 Å². The third-order valence-corrected chi connectivity index (χ3v) is 3.97. The zero-order chi connectivity index (χ0) is 14.1. The third kappa shape index (κ3) is 2.22. The zero-order valence-electron chi connectivity index (χ0n) is 12.0. The van der Waals surface area contributed by atoms with Crippen LogP contribution in [0.15, 0.2) is 42.5 Å². The van der Waals surface area contributed by atoms with E-state index in [2.05, 4.69) is 24.3 Å². The summed E-state index contributed by atoms with van der Waals surface area (Å²) < 4.78 is 0. The molecule has 0 heterocycles. The van der Waals surface area contributed by atoms with Gasteiger partial charge in [-0.1, -0.05) is 30.3 Å². The van der Waals surface area contributed by atoms with E-state index < -0.39 is 0 Å². The average Bonchev–Trinajstić information content (AvgIpc) is 2.94. The number of carbonyl (C=O) groups is 1. The Morgan fingerprint density at radius 3 is 2.65 bits per heavy atom. The summed E-state index contributed by atoms with van der Waals surface area (Å²) in [4.78, 5) is 13.7. The van der Waals surface area contributed by atoms with Crippen LogP contribution in [0.1, 0.15) is 27.9 Å². The predicted molar refractivity (Wildman–Crippen MR) is 81.9 cm³/mol. The van der Waals surface area contributed by atoms with Gasteiger partial charge < -0.3 is 4.90 Å². The Kier molecular flexibility index (Phi) is 3.31. The molecule has 2 heteroatoms. The van der Waals surface area contributed by atoms with Crippen LogP contribution in [0, 0.1) is 0 Å². The third-order valence-electron chi connectivity index (χ3n) is 3.97. The van der Waals surface area contributed by atoms with E-state index in [-0.39, 0.29) is 5.91 Å². The molecular weight excluding hydrogens is 246 g/mol. The zero-order valence-corrected chi connectivity index (χ0v) is 12.0. The van der Waals surface area contributed by atoms with Crippen molar-refractivity contribution < 1.29 is 4.79 Å². The molecule has 0 saturated carbocycles. The standard InChI is InChI=1S/C18H19NO/c1-19(2)18(20)15-9-3-8-14(12-15)17-11-5-7-13-6-4-10-16(13)17/h3,5,7-9,11-12H,4,6,10H2,1-2H3. The largest absolute Gasteiger partial charge is 0.345 e. The van der Waals surface area contributed by atoms with Gasteiger partial charge in [0.2, 0.25) is 0 Å². The maximum atomic E-state index is 12.1. The first kappa shape index (κ1) is 12.9. The van der Waals surface area contributed by atoms with E-state index in [1.165, 1.54) is 29.5 Å². The maximum absolute atomic E-state index is 12.1. The monoisotopic (exact) mass is 265 g/mol. The lowest BCUT2D eigenvalue weighted by Gasteiger charge is -2.13. The number of aryl methyl sites for hydroxylation is 1. The molecule has 0 N–H and O–H groups in total. The number of nitrogens with zero attached hydrogens (tertiary/aromatic N) is 1. The number of amides is 1. The maximum Gasteiger partial charge on any atom is 0.253 e. The molecule has 3 rings (SSSR count). The lowest BCUT2D eigenvalue weighted by atomic mass is 9.95. The Bertz CT molecular complexity index is 658. The first-order valence-electron chi connectivity index (χ1n) is 7.09. The van der Waals surface area contributed by atoms with Crippen molar-refractivity contribution in [1.82, 2.24) is 4.90 Å². The number of hydrogen-bond acceptors (Lipinski definition) is 1. The Balaban J connectivity index is 2.06. The van der Waals surface area contributed by atoms with Crippen molar-refractivity contribution in [2.24, 2.45) is 0 Å². The second-order valence-corrected chi connectivity index (χ2v) is 5.58. The fraction of sp³-hybridized carbons (Fsp3) is 0.278. The van der Waals surface area contributed by atoms with Crippen LogP contribution in [0.2, 0.25) is 0 Å². The molecular formula is C18H19NO. The summed E-state index contributed by atoms with van der Waals surface area (Å²) in [5, 5.41) is 0. The van der Waals surface area contributed by atoms with Crippen LogP contribution in [-0.4, -0.2) is 24.9 Å². The summed E-state index contributed by atoms with van der Waals surface area (Å²) in [6, 6.07) is 14.5. The summed E-state index contributed by atoms with van der Waals surface area (Å²) >= 11 is 0. The summed E-state index contributed by atoms with van der Waals surface area (Å²) in [6.07, 6.45) is 3.57. The van der Waals surface area contributed by atoms with Gasteiger partial charge in [0.05, 0.1) is 0 Å². The smallest absolute Gasteiger partial charge is 0.253 e. The average molecular weight is 265 g/mol. The second-order valence-electron chi connectivity index (χ2n) is 5.58. The molecule has 0 unspecified atom stereocenters. The minimum atomic E-state index is 0.0550. The Morgan fingerprint density at radius 2 is 1.85 bits per heavy atom. The summed E-state index contributed by atoms with van der Waals surface area (Å²) in [6.45, 7) is 0. The van der Waals surface area contributed by atoms with Crippen molar-refractivity contribution in [3.8, 4) is 11.1 Å². The van der Waals surface area contributed by atoms with Gasteiger partial charge in [-0.2, -0.15) is 0 Å². The van der Waals surface area contributed by atoms with Crippen LogP contribution >= 0.6 is 0 Å². The van der Waals surface area contributed by atoms with Gasteiger partial charge >= 0.3 is 0 Å². The molecule has 1 aliphatic rings. The highest BCUT2D eigenvalue weighted by molar-refractivity contribution is 5.95. The minimum absolute atomic E-state index is 0.0550. The first-order valence-corrected chi connectivity index (χ1v) is 7.09. The van der Waals surface area contributed by atoms with Crippen LogP contribution < -0.4 is 0 Å². The van der Waals surface area contributed by atoms with Crippen LogP contribution in [0.3, 0.4) is 0 Å². The van der Waals surface area contributed by atoms with Crippen molar-refractivity contribution in [2.45, 2.75) is 19.3 Å². The topological polar surface area (TPSA) is 20.3 Å². The molecule has 0 spiro atoms. The van der Waals surface area contributed by atoms with Crippen LogP contribution in [0.25, 0.3) is 11.1 Å². The molecule has 2 aromatic carbocycles. The molecule has 1 aliphatic carbocycles. The molecule has 0 atom stereocenters. The van der Waals surface area contributed by atoms with Crippen LogP contribution in [0.4, 0.5) is 0 Å². The van der Waals surface area contributed by atoms with Crippen molar-refractivity contribution in [1.29, 1.82) is 0 Å². The van der Waals surface area contributed by atoms with E-state index >= 15 is 0 Å². The van der Waals surface area contributed by atoms with Crippen molar-refractivity contribution in [2.75, 3.05) is 14.1 Å². The van der Waals surface area contributed by atoms with Gasteiger partial charge in [-0.05, 0) is 53.6 Å². The van der Waals surface area contributed by atoms with E-state index in [0.717, 1.165) is 17.5 Å². The number of fused-ring (bicyclic) bond motifs is 1. The van der Waals surface area contributed by atoms with E-state index in [1.54, 1.807) is 19.0 Å². The number of hydrogen-bond donors (Lipinski definition) is 0. The highest BCUT2D eigenvalue weighted by Crippen LogP contribution is 2.32. The number of rotatable bonds is 2. The quantitative estimate of drug-likeness (QED) is 0.813. The molecule has 1 amide bonds. The van der Waals surface area contributed by atoms with Gasteiger partial charge in [0, 0.05) is 19.7 Å². The Morgan fingerprint density at radius 1 is 1.05 bits per heavy atom. The van der Waals surface area contributed by atoms with Gasteiger partial charge in [-0.15, -0.1) is 0 Å². The number of benzene rings is 2. The van der Waals surface area contributed by atoms with Gasteiger partial charge in [-0.3, -0.25) is 4.79 Å². The van der Waals surface area contributed by atoms with Gasteiger partial charge in [0.25, 0.3) is 5.91 Å². The van der Waals surface area contributed by atoms with Crippen molar-refractivity contribution in [3.63, 3.8) is 0 Å².